The Kier molecular flexibility index (Phi) is 4.57. The molecule has 1 aliphatic rings. The van der Waals surface area contributed by atoms with Gasteiger partial charge in [-0.1, -0.05) is 12.1 Å². The normalized spacial score (nSPS) is 14.3. The van der Waals surface area contributed by atoms with E-state index >= 15 is 0 Å². The number of carbonyl (C=O) groups is 1. The van der Waals surface area contributed by atoms with Crippen LogP contribution in [0.25, 0.3) is 5.57 Å². The second kappa shape index (κ2) is 6.78. The molecule has 2 aromatic rings. The summed E-state index contributed by atoms with van der Waals surface area (Å²) >= 11 is 1.74. The van der Waals surface area contributed by atoms with E-state index in [-0.39, 0.29) is 6.03 Å². The van der Waals surface area contributed by atoms with Gasteiger partial charge in [0.15, 0.2) is 0 Å². The first-order valence-corrected chi connectivity index (χ1v) is 8.29. The third-order valence-corrected chi connectivity index (χ3v) is 4.57. The van der Waals surface area contributed by atoms with Crippen molar-refractivity contribution >= 4 is 34.6 Å². The summed E-state index contributed by atoms with van der Waals surface area (Å²) in [4.78, 5) is 25.6. The van der Waals surface area contributed by atoms with E-state index in [1.54, 1.807) is 28.6 Å². The summed E-state index contributed by atoms with van der Waals surface area (Å²) in [5, 5.41) is 4.92. The molecule has 0 fully saturated rings. The molecule has 0 unspecified atom stereocenters. The molecule has 7 heteroatoms. The highest BCUT2D eigenvalue weighted by Gasteiger charge is 2.18. The van der Waals surface area contributed by atoms with Crippen molar-refractivity contribution in [3.8, 4) is 0 Å². The van der Waals surface area contributed by atoms with Gasteiger partial charge in [0.1, 0.15) is 0 Å². The van der Waals surface area contributed by atoms with Gasteiger partial charge in [0.2, 0.25) is 5.95 Å². The minimum absolute atomic E-state index is 0.118. The third-order valence-electron chi connectivity index (χ3n) is 3.62. The van der Waals surface area contributed by atoms with Gasteiger partial charge < -0.3 is 15.1 Å². The number of rotatable bonds is 3. The van der Waals surface area contributed by atoms with Gasteiger partial charge in [-0.2, -0.15) is 0 Å². The monoisotopic (exact) mass is 329 g/mol. The molecule has 1 aliphatic heterocycles. The minimum atomic E-state index is -0.118. The van der Waals surface area contributed by atoms with Crippen LogP contribution in [0.1, 0.15) is 11.3 Å². The lowest BCUT2D eigenvalue weighted by Crippen LogP contribution is -2.37. The largest absolute Gasteiger partial charge is 0.347 e. The maximum atomic E-state index is 12.3. The van der Waals surface area contributed by atoms with Crippen LogP contribution in [0.4, 0.5) is 16.4 Å². The fourth-order valence-electron chi connectivity index (χ4n) is 2.36. The SMILES string of the molecule is CN(C)c1ncc(NC(=O)N2CC=C(c3cccs3)CC2)cn1. The van der Waals surface area contributed by atoms with Crippen LogP contribution >= 0.6 is 11.3 Å². The zero-order valence-corrected chi connectivity index (χ0v) is 14.0. The predicted molar refractivity (Wildman–Crippen MR) is 93.9 cm³/mol. The molecule has 2 aromatic heterocycles. The summed E-state index contributed by atoms with van der Waals surface area (Å²) in [6.45, 7) is 1.34. The van der Waals surface area contributed by atoms with Crippen LogP contribution in [-0.4, -0.2) is 48.1 Å². The number of hydrogen-bond acceptors (Lipinski definition) is 5. The Bertz CT molecular complexity index is 694. The molecular formula is C16H19N5OS. The minimum Gasteiger partial charge on any atom is -0.347 e. The molecule has 0 spiro atoms. The van der Waals surface area contributed by atoms with Crippen LogP contribution < -0.4 is 10.2 Å². The number of nitrogens with one attached hydrogen (secondary N) is 1. The second-order valence-corrected chi connectivity index (χ2v) is 6.45. The lowest BCUT2D eigenvalue weighted by atomic mass is 10.1. The zero-order chi connectivity index (χ0) is 16.2. The highest BCUT2D eigenvalue weighted by atomic mass is 32.1. The summed E-state index contributed by atoms with van der Waals surface area (Å²) in [6.07, 6.45) is 6.25. The van der Waals surface area contributed by atoms with Gasteiger partial charge in [-0.15, -0.1) is 11.3 Å². The molecule has 1 N–H and O–H groups in total. The maximum absolute atomic E-state index is 12.3. The first-order valence-electron chi connectivity index (χ1n) is 7.41. The van der Waals surface area contributed by atoms with E-state index in [0.717, 1.165) is 6.42 Å². The average molecular weight is 329 g/mol. The van der Waals surface area contributed by atoms with Crippen LogP contribution in [0, 0.1) is 0 Å². The molecule has 2 amide bonds. The van der Waals surface area contributed by atoms with Crippen molar-refractivity contribution in [3.05, 3.63) is 40.9 Å². The first kappa shape index (κ1) is 15.5. The molecule has 3 rings (SSSR count). The summed E-state index contributed by atoms with van der Waals surface area (Å²) in [5.41, 5.74) is 1.93. The number of urea groups is 1. The lowest BCUT2D eigenvalue weighted by Gasteiger charge is -2.26. The predicted octanol–water partition coefficient (Wildman–Crippen LogP) is 2.93. The first-order chi connectivity index (χ1) is 11.1. The molecule has 0 bridgehead atoms. The van der Waals surface area contributed by atoms with Crippen LogP contribution in [0.2, 0.25) is 0 Å². The van der Waals surface area contributed by atoms with E-state index in [9.17, 15) is 4.79 Å². The van der Waals surface area contributed by atoms with Crippen molar-refractivity contribution in [1.29, 1.82) is 0 Å². The van der Waals surface area contributed by atoms with E-state index in [2.05, 4.69) is 38.9 Å². The fourth-order valence-corrected chi connectivity index (χ4v) is 3.16. The van der Waals surface area contributed by atoms with Crippen molar-refractivity contribution in [2.24, 2.45) is 0 Å². The maximum Gasteiger partial charge on any atom is 0.322 e. The summed E-state index contributed by atoms with van der Waals surface area (Å²) in [5.74, 6) is 0.615. The summed E-state index contributed by atoms with van der Waals surface area (Å²) < 4.78 is 0. The second-order valence-electron chi connectivity index (χ2n) is 5.50. The molecule has 120 valence electrons. The fraction of sp³-hybridized carbons (Fsp3) is 0.312. The van der Waals surface area contributed by atoms with Crippen molar-refractivity contribution < 1.29 is 4.79 Å². The molecule has 0 aromatic carbocycles. The van der Waals surface area contributed by atoms with E-state index in [1.807, 2.05) is 19.0 Å². The van der Waals surface area contributed by atoms with Crippen molar-refractivity contribution in [3.63, 3.8) is 0 Å². The molecule has 0 saturated carbocycles. The molecule has 3 heterocycles. The Balaban J connectivity index is 1.59. The molecule has 0 aliphatic carbocycles. The molecule has 0 saturated heterocycles. The van der Waals surface area contributed by atoms with Crippen LogP contribution in [0.5, 0.6) is 0 Å². The van der Waals surface area contributed by atoms with Gasteiger partial charge in [0.25, 0.3) is 0 Å². The lowest BCUT2D eigenvalue weighted by molar-refractivity contribution is 0.217. The number of aromatic nitrogens is 2. The highest BCUT2D eigenvalue weighted by Crippen LogP contribution is 2.26. The van der Waals surface area contributed by atoms with Crippen LogP contribution in [0.15, 0.2) is 36.0 Å². The highest BCUT2D eigenvalue weighted by molar-refractivity contribution is 7.11. The molecule has 6 nitrogen and oxygen atoms in total. The molecule has 0 atom stereocenters. The number of nitrogens with zero attached hydrogens (tertiary/aromatic N) is 4. The van der Waals surface area contributed by atoms with Gasteiger partial charge >= 0.3 is 6.03 Å². The number of anilines is 2. The Labute approximate surface area is 139 Å². The van der Waals surface area contributed by atoms with Gasteiger partial charge in [-0.05, 0) is 23.4 Å². The van der Waals surface area contributed by atoms with E-state index in [4.69, 9.17) is 0 Å². The Morgan fingerprint density at radius 3 is 2.70 bits per heavy atom. The Morgan fingerprint density at radius 1 is 1.35 bits per heavy atom. The number of carbonyl (C=O) groups excluding carboxylic acids is 1. The van der Waals surface area contributed by atoms with Gasteiger partial charge in [0, 0.05) is 32.1 Å². The molecule has 0 radical (unpaired) electrons. The van der Waals surface area contributed by atoms with Crippen LogP contribution in [0.3, 0.4) is 0 Å². The quantitative estimate of drug-likeness (QED) is 0.940. The summed E-state index contributed by atoms with van der Waals surface area (Å²) in [7, 11) is 3.75. The van der Waals surface area contributed by atoms with E-state index in [0.29, 0.717) is 24.7 Å². The number of amides is 2. The summed E-state index contributed by atoms with van der Waals surface area (Å²) in [6, 6.07) is 4.06. The van der Waals surface area contributed by atoms with Crippen LogP contribution in [-0.2, 0) is 0 Å². The topological polar surface area (TPSA) is 61.4 Å². The smallest absolute Gasteiger partial charge is 0.322 e. The number of hydrogen-bond donors (Lipinski definition) is 1. The Hall–Kier alpha value is -2.41. The Morgan fingerprint density at radius 2 is 2.13 bits per heavy atom. The molecule has 23 heavy (non-hydrogen) atoms. The van der Waals surface area contributed by atoms with Gasteiger partial charge in [-0.25, -0.2) is 14.8 Å². The van der Waals surface area contributed by atoms with Crippen molar-refractivity contribution in [2.45, 2.75) is 6.42 Å². The standard InChI is InChI=1S/C16H19N5OS/c1-20(2)15-17-10-13(11-18-15)19-16(22)21-7-5-12(6-8-21)14-4-3-9-23-14/h3-5,9-11H,6-8H2,1-2H3,(H,19,22). The van der Waals surface area contributed by atoms with E-state index in [1.165, 1.54) is 10.5 Å². The van der Waals surface area contributed by atoms with Crippen molar-refractivity contribution in [1.82, 2.24) is 14.9 Å². The van der Waals surface area contributed by atoms with Crippen molar-refractivity contribution in [2.75, 3.05) is 37.4 Å². The zero-order valence-electron chi connectivity index (χ0n) is 13.2. The van der Waals surface area contributed by atoms with E-state index < -0.39 is 0 Å². The number of thiophene rings is 1. The molecular weight excluding hydrogens is 310 g/mol. The van der Waals surface area contributed by atoms with Gasteiger partial charge in [0.05, 0.1) is 18.1 Å². The van der Waals surface area contributed by atoms with Gasteiger partial charge in [-0.3, -0.25) is 0 Å². The average Bonchev–Trinajstić information content (AvgIpc) is 3.10. The third kappa shape index (κ3) is 3.68.